The van der Waals surface area contributed by atoms with Gasteiger partial charge in [-0.15, -0.1) is 0 Å². The van der Waals surface area contributed by atoms with Crippen molar-refractivity contribution in [3.05, 3.63) is 0 Å². The average molecular weight is 386 g/mol. The zero-order valence-corrected chi connectivity index (χ0v) is 15.6. The quantitative estimate of drug-likeness (QED) is 0.544. The molecule has 0 fully saturated rings. The molecule has 0 aliphatic carbocycles. The summed E-state index contributed by atoms with van der Waals surface area (Å²) in [7, 11) is 4.40. The summed E-state index contributed by atoms with van der Waals surface area (Å²) in [5.74, 6) is 0. The summed E-state index contributed by atoms with van der Waals surface area (Å²) >= 11 is -3.71. The van der Waals surface area contributed by atoms with E-state index >= 15 is 0 Å². The molecule has 12 heavy (non-hydrogen) atoms. The molecule has 0 aromatic rings. The van der Waals surface area contributed by atoms with Crippen LogP contribution in [0, 0.1) is 0 Å². The van der Waals surface area contributed by atoms with Crippen molar-refractivity contribution in [2.75, 3.05) is 14.1 Å². The molecule has 0 atom stereocenters. The van der Waals surface area contributed by atoms with Gasteiger partial charge in [-0.3, -0.25) is 0 Å². The summed E-state index contributed by atoms with van der Waals surface area (Å²) in [5, 5.41) is 2.35. The van der Waals surface area contributed by atoms with Gasteiger partial charge in [0.1, 0.15) is 0 Å². The normalized spacial score (nSPS) is 14.5. The minimum absolute atomic E-state index is 1.85. The SMILES string of the molecule is CN(C)[N]([Sn]([CH3])([CH3])[CH3])[Sn]([CH3])([CH3])[CH3]. The third-order valence-electron chi connectivity index (χ3n) is 1.67. The molecular formula is C8H24N2Sn2. The molecule has 0 heterocycles. The minimum atomic E-state index is -1.85. The van der Waals surface area contributed by atoms with E-state index in [1.807, 2.05) is 0 Å². The summed E-state index contributed by atoms with van der Waals surface area (Å²) in [6, 6.07) is 0. The number of hydrogen-bond donors (Lipinski definition) is 0. The van der Waals surface area contributed by atoms with Gasteiger partial charge in [-0.2, -0.15) is 0 Å². The van der Waals surface area contributed by atoms with Gasteiger partial charge in [0.25, 0.3) is 0 Å². The molecule has 0 unspecified atom stereocenters. The van der Waals surface area contributed by atoms with E-state index in [0.29, 0.717) is 0 Å². The second kappa shape index (κ2) is 4.36. The average Bonchev–Trinajstić information content (AvgIpc) is 1.49. The van der Waals surface area contributed by atoms with Crippen molar-refractivity contribution in [2.45, 2.75) is 29.6 Å². The molecule has 2 nitrogen and oxygen atoms in total. The topological polar surface area (TPSA) is 6.48 Å². The maximum atomic E-state index is 2.80. The van der Waals surface area contributed by atoms with Gasteiger partial charge < -0.3 is 0 Å². The van der Waals surface area contributed by atoms with E-state index in [-0.39, 0.29) is 0 Å². The molecule has 0 aromatic heterocycles. The molecule has 0 radical (unpaired) electrons. The second-order valence-electron chi connectivity index (χ2n) is 5.50. The Morgan fingerprint density at radius 1 is 0.667 bits per heavy atom. The Morgan fingerprint density at radius 2 is 0.917 bits per heavy atom. The third-order valence-corrected chi connectivity index (χ3v) is 36.9. The Bertz CT molecular complexity index is 130. The van der Waals surface area contributed by atoms with Crippen LogP contribution in [0.1, 0.15) is 0 Å². The first-order valence-electron chi connectivity index (χ1n) is 4.54. The van der Waals surface area contributed by atoms with Crippen LogP contribution in [0.2, 0.25) is 29.6 Å². The molecule has 0 aliphatic rings. The van der Waals surface area contributed by atoms with Crippen LogP contribution in [0.3, 0.4) is 0 Å². The van der Waals surface area contributed by atoms with Gasteiger partial charge in [0.15, 0.2) is 0 Å². The van der Waals surface area contributed by atoms with Crippen LogP contribution in [0.4, 0.5) is 0 Å². The van der Waals surface area contributed by atoms with Gasteiger partial charge in [-0.05, 0) is 0 Å². The van der Waals surface area contributed by atoms with Crippen molar-refractivity contribution in [3.63, 3.8) is 0 Å². The maximum absolute atomic E-state index is 2.80. The number of nitrogens with zero attached hydrogens (tertiary/aromatic N) is 2. The molecule has 0 aliphatic heterocycles. The van der Waals surface area contributed by atoms with Crippen molar-refractivity contribution in [3.8, 4) is 0 Å². The van der Waals surface area contributed by atoms with Gasteiger partial charge in [0.05, 0.1) is 0 Å². The van der Waals surface area contributed by atoms with Crippen LogP contribution in [0.15, 0.2) is 0 Å². The first-order chi connectivity index (χ1) is 5.07. The fraction of sp³-hybridized carbons (Fsp3) is 1.00. The molecule has 0 rings (SSSR count). The monoisotopic (exact) mass is 388 g/mol. The van der Waals surface area contributed by atoms with Crippen LogP contribution in [0.25, 0.3) is 0 Å². The molecule has 0 amide bonds. The summed E-state index contributed by atoms with van der Waals surface area (Å²) in [5.41, 5.74) is 0. The van der Waals surface area contributed by atoms with Crippen LogP contribution < -0.4 is 0 Å². The summed E-state index contributed by atoms with van der Waals surface area (Å²) in [4.78, 5) is 15.0. The molecule has 0 saturated carbocycles. The molecule has 0 bridgehead atoms. The van der Waals surface area contributed by atoms with Crippen LogP contribution >= 0.6 is 0 Å². The van der Waals surface area contributed by atoms with Crippen molar-refractivity contribution in [2.24, 2.45) is 0 Å². The first-order valence-corrected chi connectivity index (χ1v) is 24.2. The van der Waals surface area contributed by atoms with E-state index in [1.165, 1.54) is 0 Å². The molecule has 0 aromatic carbocycles. The summed E-state index contributed by atoms with van der Waals surface area (Å²) in [6.45, 7) is 0. The van der Waals surface area contributed by atoms with Crippen molar-refractivity contribution < 1.29 is 0 Å². The number of hydrogen-bond acceptors (Lipinski definition) is 2. The van der Waals surface area contributed by atoms with Crippen molar-refractivity contribution in [1.82, 2.24) is 6.46 Å². The Balaban J connectivity index is 4.70. The third kappa shape index (κ3) is 4.15. The Kier molecular flexibility index (Phi) is 4.91. The van der Waals surface area contributed by atoms with E-state index < -0.39 is 37.3 Å². The van der Waals surface area contributed by atoms with E-state index in [2.05, 4.69) is 50.2 Å². The van der Waals surface area contributed by atoms with Crippen LogP contribution in [0.5, 0.6) is 0 Å². The standard InChI is InChI=1S/C2H6N2.6CH3.2Sn/c1-4(2)3;;;;;;;;/h1-2H3;6*1H3;;. The van der Waals surface area contributed by atoms with Gasteiger partial charge in [-0.25, -0.2) is 0 Å². The Labute approximate surface area is 86.7 Å². The fourth-order valence-corrected chi connectivity index (χ4v) is 53.3. The van der Waals surface area contributed by atoms with Gasteiger partial charge in [0.2, 0.25) is 0 Å². The Morgan fingerprint density at radius 3 is 0.917 bits per heavy atom. The molecule has 74 valence electrons. The van der Waals surface area contributed by atoms with Gasteiger partial charge >= 0.3 is 87.5 Å². The van der Waals surface area contributed by atoms with Crippen molar-refractivity contribution in [1.29, 1.82) is 0 Å². The number of hydrazine groups is 1. The van der Waals surface area contributed by atoms with Crippen LogP contribution in [-0.4, -0.2) is 57.9 Å². The second-order valence-corrected chi connectivity index (χ2v) is 36.3. The fourth-order valence-electron chi connectivity index (χ4n) is 2.21. The van der Waals surface area contributed by atoms with E-state index in [1.54, 1.807) is 0 Å². The predicted molar refractivity (Wildman–Crippen MR) is 62.2 cm³/mol. The zero-order chi connectivity index (χ0) is 10.2. The number of rotatable bonds is 3. The molecule has 0 saturated heterocycles. The Hall–Kier alpha value is 1.52. The zero-order valence-electron chi connectivity index (χ0n) is 9.89. The first kappa shape index (κ1) is 13.5. The molecule has 0 N–H and O–H groups in total. The van der Waals surface area contributed by atoms with Crippen LogP contribution in [-0.2, 0) is 0 Å². The van der Waals surface area contributed by atoms with Gasteiger partial charge in [-0.1, -0.05) is 0 Å². The predicted octanol–water partition coefficient (Wildman–Crippen LogP) is 2.43. The summed E-state index contributed by atoms with van der Waals surface area (Å²) in [6.07, 6.45) is 0. The van der Waals surface area contributed by atoms with E-state index in [4.69, 9.17) is 0 Å². The van der Waals surface area contributed by atoms with Gasteiger partial charge in [0, 0.05) is 0 Å². The van der Waals surface area contributed by atoms with Crippen molar-refractivity contribution >= 4 is 37.3 Å². The molecular weight excluding hydrogens is 362 g/mol. The summed E-state index contributed by atoms with van der Waals surface area (Å²) < 4.78 is 2.80. The molecule has 4 heteroatoms. The van der Waals surface area contributed by atoms with E-state index in [0.717, 1.165) is 0 Å². The van der Waals surface area contributed by atoms with E-state index in [9.17, 15) is 0 Å². The molecule has 0 spiro atoms.